The summed E-state index contributed by atoms with van der Waals surface area (Å²) in [4.78, 5) is 0. The van der Waals surface area contributed by atoms with E-state index in [1.807, 2.05) is 0 Å². The van der Waals surface area contributed by atoms with Crippen LogP contribution in [-0.4, -0.2) is 48.8 Å². The fraction of sp³-hybridized carbons (Fsp3) is 0.875. The van der Waals surface area contributed by atoms with Crippen LogP contribution in [0, 0.1) is 5.92 Å². The monoisotopic (exact) mass is 284 g/mol. The van der Waals surface area contributed by atoms with Crippen molar-refractivity contribution in [1.29, 1.82) is 0 Å². The number of epoxide rings is 1. The highest BCUT2D eigenvalue weighted by atomic mass is 16.6. The molecule has 2 rings (SSSR count). The first-order valence-corrected chi connectivity index (χ1v) is 7.44. The standard InChI is InChI=1S/C16H28O4/c1-11(2)7-9-19-15(3,4)14-13(18-5)12(17)6-8-16(14)10-20-16/h7,12-14,17H,6,8-10H2,1-5H3. The Kier molecular flexibility index (Phi) is 4.59. The van der Waals surface area contributed by atoms with Crippen molar-refractivity contribution in [2.24, 2.45) is 5.92 Å². The molecule has 4 nitrogen and oxygen atoms in total. The first kappa shape index (κ1) is 16.0. The lowest BCUT2D eigenvalue weighted by molar-refractivity contribution is -0.172. The molecular weight excluding hydrogens is 256 g/mol. The largest absolute Gasteiger partial charge is 0.390 e. The van der Waals surface area contributed by atoms with Gasteiger partial charge in [-0.2, -0.15) is 0 Å². The molecule has 0 radical (unpaired) electrons. The summed E-state index contributed by atoms with van der Waals surface area (Å²) in [5.41, 5.74) is 0.684. The minimum atomic E-state index is -0.439. The molecule has 20 heavy (non-hydrogen) atoms. The molecule has 4 heteroatoms. The Morgan fingerprint density at radius 3 is 2.60 bits per heavy atom. The second-order valence-electron chi connectivity index (χ2n) is 6.83. The van der Waals surface area contributed by atoms with Crippen LogP contribution in [-0.2, 0) is 14.2 Å². The van der Waals surface area contributed by atoms with E-state index in [4.69, 9.17) is 14.2 Å². The number of allylic oxidation sites excluding steroid dienone is 1. The van der Waals surface area contributed by atoms with Crippen molar-refractivity contribution < 1.29 is 19.3 Å². The highest BCUT2D eigenvalue weighted by Gasteiger charge is 2.63. The Morgan fingerprint density at radius 1 is 1.45 bits per heavy atom. The van der Waals surface area contributed by atoms with E-state index in [2.05, 4.69) is 33.8 Å². The van der Waals surface area contributed by atoms with Crippen molar-refractivity contribution in [3.63, 3.8) is 0 Å². The van der Waals surface area contributed by atoms with Crippen LogP contribution in [0.3, 0.4) is 0 Å². The highest BCUT2D eigenvalue weighted by molar-refractivity contribution is 5.12. The summed E-state index contributed by atoms with van der Waals surface area (Å²) in [5, 5.41) is 10.2. The molecule has 1 aliphatic heterocycles. The summed E-state index contributed by atoms with van der Waals surface area (Å²) in [6.45, 7) is 9.59. The Morgan fingerprint density at radius 2 is 2.10 bits per heavy atom. The Bertz CT molecular complexity index is 367. The summed E-state index contributed by atoms with van der Waals surface area (Å²) in [6, 6.07) is 0. The number of rotatable bonds is 5. The van der Waals surface area contributed by atoms with Gasteiger partial charge in [-0.05, 0) is 40.5 Å². The molecule has 0 amide bonds. The predicted molar refractivity (Wildman–Crippen MR) is 77.7 cm³/mol. The van der Waals surface area contributed by atoms with E-state index >= 15 is 0 Å². The summed E-state index contributed by atoms with van der Waals surface area (Å²) in [6.07, 6.45) is 3.02. The van der Waals surface area contributed by atoms with E-state index < -0.39 is 11.7 Å². The zero-order chi connectivity index (χ0) is 15.0. The van der Waals surface area contributed by atoms with E-state index in [1.54, 1.807) is 7.11 Å². The van der Waals surface area contributed by atoms with Crippen molar-refractivity contribution in [1.82, 2.24) is 0 Å². The number of aliphatic hydroxyl groups is 1. The van der Waals surface area contributed by atoms with Gasteiger partial charge in [0, 0.05) is 13.0 Å². The molecule has 4 unspecified atom stereocenters. The van der Waals surface area contributed by atoms with E-state index in [9.17, 15) is 5.11 Å². The van der Waals surface area contributed by atoms with Gasteiger partial charge in [0.2, 0.25) is 0 Å². The van der Waals surface area contributed by atoms with Gasteiger partial charge < -0.3 is 19.3 Å². The molecule has 0 aromatic heterocycles. The quantitative estimate of drug-likeness (QED) is 0.622. The average Bonchev–Trinajstić information content (AvgIpc) is 3.11. The zero-order valence-corrected chi connectivity index (χ0v) is 13.3. The molecule has 1 heterocycles. The average molecular weight is 284 g/mol. The number of hydrogen-bond donors (Lipinski definition) is 1. The molecule has 116 valence electrons. The molecule has 0 aromatic rings. The molecule has 1 spiro atoms. The van der Waals surface area contributed by atoms with Gasteiger partial charge in [0.05, 0.1) is 36.6 Å². The van der Waals surface area contributed by atoms with Crippen LogP contribution >= 0.6 is 0 Å². The van der Waals surface area contributed by atoms with Gasteiger partial charge in [0.1, 0.15) is 0 Å². The third-order valence-corrected chi connectivity index (χ3v) is 4.62. The van der Waals surface area contributed by atoms with Gasteiger partial charge in [0.15, 0.2) is 0 Å². The fourth-order valence-electron chi connectivity index (χ4n) is 3.49. The Labute approximate surface area is 122 Å². The molecule has 2 aliphatic rings. The van der Waals surface area contributed by atoms with Crippen molar-refractivity contribution in [3.8, 4) is 0 Å². The van der Waals surface area contributed by atoms with Crippen LogP contribution in [0.2, 0.25) is 0 Å². The van der Waals surface area contributed by atoms with Crippen LogP contribution in [0.1, 0.15) is 40.5 Å². The highest BCUT2D eigenvalue weighted by Crippen LogP contribution is 2.52. The van der Waals surface area contributed by atoms with Gasteiger partial charge in [-0.3, -0.25) is 0 Å². The summed E-state index contributed by atoms with van der Waals surface area (Å²) in [5.74, 6) is 0.0503. The Balaban J connectivity index is 2.14. The maximum absolute atomic E-state index is 10.2. The maximum atomic E-state index is 10.2. The van der Waals surface area contributed by atoms with Gasteiger partial charge in [0.25, 0.3) is 0 Å². The predicted octanol–water partition coefficient (Wildman–Crippen LogP) is 2.30. The van der Waals surface area contributed by atoms with E-state index in [-0.39, 0.29) is 17.6 Å². The van der Waals surface area contributed by atoms with Gasteiger partial charge in [-0.1, -0.05) is 11.6 Å². The first-order valence-electron chi connectivity index (χ1n) is 7.44. The molecule has 2 fully saturated rings. The van der Waals surface area contributed by atoms with Crippen LogP contribution in [0.5, 0.6) is 0 Å². The molecule has 1 saturated heterocycles. The molecule has 1 aliphatic carbocycles. The smallest absolute Gasteiger partial charge is 0.0998 e. The van der Waals surface area contributed by atoms with E-state index in [0.29, 0.717) is 6.61 Å². The van der Waals surface area contributed by atoms with Crippen LogP contribution in [0.25, 0.3) is 0 Å². The molecule has 1 N–H and O–H groups in total. The van der Waals surface area contributed by atoms with Gasteiger partial charge in [-0.15, -0.1) is 0 Å². The van der Waals surface area contributed by atoms with Crippen molar-refractivity contribution >= 4 is 0 Å². The third-order valence-electron chi connectivity index (χ3n) is 4.62. The van der Waals surface area contributed by atoms with Crippen LogP contribution < -0.4 is 0 Å². The van der Waals surface area contributed by atoms with E-state index in [0.717, 1.165) is 19.4 Å². The minimum Gasteiger partial charge on any atom is -0.390 e. The van der Waals surface area contributed by atoms with Crippen LogP contribution in [0.15, 0.2) is 11.6 Å². The van der Waals surface area contributed by atoms with Gasteiger partial charge >= 0.3 is 0 Å². The molecule has 1 saturated carbocycles. The lowest BCUT2D eigenvalue weighted by atomic mass is 9.68. The van der Waals surface area contributed by atoms with Crippen molar-refractivity contribution in [2.45, 2.75) is 63.9 Å². The van der Waals surface area contributed by atoms with E-state index in [1.165, 1.54) is 5.57 Å². The maximum Gasteiger partial charge on any atom is 0.0998 e. The van der Waals surface area contributed by atoms with Gasteiger partial charge in [-0.25, -0.2) is 0 Å². The lowest BCUT2D eigenvalue weighted by Crippen LogP contribution is -2.57. The minimum absolute atomic E-state index is 0.0503. The number of methoxy groups -OCH3 is 1. The second kappa shape index (κ2) is 5.76. The molecule has 0 bridgehead atoms. The summed E-state index contributed by atoms with van der Waals surface area (Å²) >= 11 is 0. The van der Waals surface area contributed by atoms with Crippen molar-refractivity contribution in [2.75, 3.05) is 20.3 Å². The van der Waals surface area contributed by atoms with Crippen molar-refractivity contribution in [3.05, 3.63) is 11.6 Å². The normalized spacial score (nSPS) is 37.0. The molecular formula is C16H28O4. The zero-order valence-electron chi connectivity index (χ0n) is 13.3. The summed E-state index contributed by atoms with van der Waals surface area (Å²) < 4.78 is 17.4. The number of ether oxygens (including phenoxy) is 3. The van der Waals surface area contributed by atoms with Crippen LogP contribution in [0.4, 0.5) is 0 Å². The second-order valence-corrected chi connectivity index (χ2v) is 6.83. The third kappa shape index (κ3) is 3.08. The first-order chi connectivity index (χ1) is 9.32. The fourth-order valence-corrected chi connectivity index (χ4v) is 3.49. The summed E-state index contributed by atoms with van der Waals surface area (Å²) in [7, 11) is 1.66. The topological polar surface area (TPSA) is 51.2 Å². The lowest BCUT2D eigenvalue weighted by Gasteiger charge is -2.46. The Hall–Kier alpha value is -0.420. The SMILES string of the molecule is COC1C(O)CCC2(CO2)C1C(C)(C)OCC=C(C)C. The number of hydrogen-bond acceptors (Lipinski definition) is 4. The molecule has 0 aromatic carbocycles. The number of aliphatic hydroxyl groups excluding tert-OH is 1. The molecule has 4 atom stereocenters.